The van der Waals surface area contributed by atoms with Crippen LogP contribution in [0.4, 0.5) is 10.1 Å². The van der Waals surface area contributed by atoms with E-state index in [0.29, 0.717) is 11.3 Å². The number of para-hydroxylation sites is 1. The molecule has 0 aliphatic rings. The summed E-state index contributed by atoms with van der Waals surface area (Å²) in [6, 6.07) is 12.0. The van der Waals surface area contributed by atoms with Gasteiger partial charge in [0, 0.05) is 16.8 Å². The summed E-state index contributed by atoms with van der Waals surface area (Å²) in [5.74, 6) is -0.715. The standard InChI is InChI=1S/C20H16FN5OS2/c1-12-9-15(29-20-25-24-13(2)28-20)7-8-17(12)23-19(27)14-10-22-26(11-14)18-6-4-3-5-16(18)21/h3-11H,1-2H3,(H,23,27). The van der Waals surface area contributed by atoms with E-state index in [9.17, 15) is 9.18 Å². The van der Waals surface area contributed by atoms with Gasteiger partial charge in [0.15, 0.2) is 4.34 Å². The Morgan fingerprint density at radius 1 is 1.17 bits per heavy atom. The summed E-state index contributed by atoms with van der Waals surface area (Å²) in [4.78, 5) is 13.6. The number of nitrogens with zero attached hydrogens (tertiary/aromatic N) is 4. The van der Waals surface area contributed by atoms with Crippen LogP contribution in [0.1, 0.15) is 20.9 Å². The smallest absolute Gasteiger partial charge is 0.258 e. The van der Waals surface area contributed by atoms with Crippen molar-refractivity contribution in [1.29, 1.82) is 0 Å². The maximum absolute atomic E-state index is 13.9. The molecule has 6 nitrogen and oxygen atoms in total. The van der Waals surface area contributed by atoms with Gasteiger partial charge in [-0.25, -0.2) is 9.07 Å². The summed E-state index contributed by atoms with van der Waals surface area (Å²) in [6.07, 6.45) is 2.92. The van der Waals surface area contributed by atoms with Gasteiger partial charge in [0.2, 0.25) is 0 Å². The molecule has 0 spiro atoms. The van der Waals surface area contributed by atoms with E-state index < -0.39 is 5.82 Å². The topological polar surface area (TPSA) is 72.7 Å². The highest BCUT2D eigenvalue weighted by Crippen LogP contribution is 2.32. The molecule has 2 aromatic carbocycles. The normalized spacial score (nSPS) is 10.9. The average Bonchev–Trinajstić information content (AvgIpc) is 3.34. The van der Waals surface area contributed by atoms with Crippen molar-refractivity contribution >= 4 is 34.7 Å². The number of amides is 1. The number of carbonyl (C=O) groups is 1. The molecular weight excluding hydrogens is 409 g/mol. The molecule has 1 N–H and O–H groups in total. The molecule has 0 saturated carbocycles. The minimum absolute atomic E-state index is 0.288. The van der Waals surface area contributed by atoms with E-state index in [1.54, 1.807) is 18.2 Å². The molecular formula is C20H16FN5OS2. The van der Waals surface area contributed by atoms with Crippen LogP contribution in [0.5, 0.6) is 0 Å². The van der Waals surface area contributed by atoms with Gasteiger partial charge < -0.3 is 5.32 Å². The van der Waals surface area contributed by atoms with Crippen LogP contribution in [0.25, 0.3) is 5.69 Å². The Bertz CT molecular complexity index is 1190. The molecule has 9 heteroatoms. The van der Waals surface area contributed by atoms with Crippen molar-refractivity contribution in [1.82, 2.24) is 20.0 Å². The number of aromatic nitrogens is 4. The second-order valence-corrected chi connectivity index (χ2v) is 8.75. The van der Waals surface area contributed by atoms with Gasteiger partial charge >= 0.3 is 0 Å². The summed E-state index contributed by atoms with van der Waals surface area (Å²) >= 11 is 3.07. The van der Waals surface area contributed by atoms with Gasteiger partial charge in [-0.05, 0) is 49.7 Å². The van der Waals surface area contributed by atoms with Gasteiger partial charge in [-0.2, -0.15) is 5.10 Å². The molecule has 0 atom stereocenters. The van der Waals surface area contributed by atoms with Crippen molar-refractivity contribution in [2.24, 2.45) is 0 Å². The monoisotopic (exact) mass is 425 g/mol. The minimum Gasteiger partial charge on any atom is -0.322 e. The fourth-order valence-corrected chi connectivity index (χ4v) is 4.55. The Morgan fingerprint density at radius 2 is 2.00 bits per heavy atom. The summed E-state index contributed by atoms with van der Waals surface area (Å²) in [5, 5.41) is 16.0. The highest BCUT2D eigenvalue weighted by atomic mass is 32.2. The van der Waals surface area contributed by atoms with Gasteiger partial charge in [-0.1, -0.05) is 35.2 Å². The van der Waals surface area contributed by atoms with E-state index in [0.717, 1.165) is 19.8 Å². The van der Waals surface area contributed by atoms with Crippen molar-refractivity contribution in [2.75, 3.05) is 5.32 Å². The second kappa shape index (κ2) is 8.14. The van der Waals surface area contributed by atoms with E-state index in [1.165, 1.54) is 46.2 Å². The third-order valence-corrected chi connectivity index (χ3v) is 5.98. The Kier molecular flexibility index (Phi) is 5.41. The molecule has 29 heavy (non-hydrogen) atoms. The van der Waals surface area contributed by atoms with Gasteiger partial charge in [0.05, 0.1) is 11.8 Å². The van der Waals surface area contributed by atoms with Gasteiger partial charge in [0.25, 0.3) is 5.91 Å². The van der Waals surface area contributed by atoms with Crippen molar-refractivity contribution in [3.63, 3.8) is 0 Å². The minimum atomic E-state index is -0.405. The maximum atomic E-state index is 13.9. The number of carbonyl (C=O) groups excluding carboxylic acids is 1. The van der Waals surface area contributed by atoms with E-state index in [2.05, 4.69) is 20.6 Å². The van der Waals surface area contributed by atoms with E-state index in [1.807, 2.05) is 32.0 Å². The molecule has 2 aromatic heterocycles. The molecule has 4 aromatic rings. The Hall–Kier alpha value is -3.04. The van der Waals surface area contributed by atoms with Crippen molar-refractivity contribution in [3.8, 4) is 5.69 Å². The zero-order valence-corrected chi connectivity index (χ0v) is 17.2. The van der Waals surface area contributed by atoms with E-state index in [4.69, 9.17) is 0 Å². The number of hydrogen-bond donors (Lipinski definition) is 1. The van der Waals surface area contributed by atoms with Crippen LogP contribution in [-0.2, 0) is 0 Å². The van der Waals surface area contributed by atoms with Crippen LogP contribution in [0.2, 0.25) is 0 Å². The predicted octanol–water partition coefficient (Wildman–Crippen LogP) is 4.88. The lowest BCUT2D eigenvalue weighted by Gasteiger charge is -2.09. The van der Waals surface area contributed by atoms with Crippen LogP contribution < -0.4 is 5.32 Å². The van der Waals surface area contributed by atoms with Crippen molar-refractivity contribution in [3.05, 3.63) is 76.8 Å². The fraction of sp³-hybridized carbons (Fsp3) is 0.100. The van der Waals surface area contributed by atoms with Gasteiger partial charge in [-0.3, -0.25) is 4.79 Å². The first-order chi connectivity index (χ1) is 14.0. The number of nitrogens with one attached hydrogen (secondary N) is 1. The number of aryl methyl sites for hydroxylation is 2. The lowest BCUT2D eigenvalue weighted by Crippen LogP contribution is -2.12. The number of halogens is 1. The fourth-order valence-electron chi connectivity index (χ4n) is 2.66. The zero-order valence-electron chi connectivity index (χ0n) is 15.6. The first-order valence-corrected chi connectivity index (χ1v) is 10.3. The molecule has 0 aliphatic heterocycles. The van der Waals surface area contributed by atoms with Crippen molar-refractivity contribution in [2.45, 2.75) is 23.1 Å². The summed E-state index contributed by atoms with van der Waals surface area (Å²) in [7, 11) is 0. The molecule has 1 amide bonds. The highest BCUT2D eigenvalue weighted by molar-refractivity contribution is 8.01. The molecule has 2 heterocycles. The van der Waals surface area contributed by atoms with Crippen LogP contribution in [-0.4, -0.2) is 25.9 Å². The molecule has 146 valence electrons. The number of hydrogen-bond acceptors (Lipinski definition) is 6. The SMILES string of the molecule is Cc1nnc(Sc2ccc(NC(=O)c3cnn(-c4ccccc4F)c3)c(C)c2)s1. The molecule has 4 rings (SSSR count). The highest BCUT2D eigenvalue weighted by Gasteiger charge is 2.13. The molecule has 0 unspecified atom stereocenters. The summed E-state index contributed by atoms with van der Waals surface area (Å²) in [5.41, 5.74) is 2.25. The third kappa shape index (κ3) is 4.36. The maximum Gasteiger partial charge on any atom is 0.258 e. The Labute approximate surface area is 174 Å². The molecule has 0 saturated heterocycles. The third-order valence-electron chi connectivity index (χ3n) is 4.10. The van der Waals surface area contributed by atoms with E-state index >= 15 is 0 Å². The lowest BCUT2D eigenvalue weighted by molar-refractivity contribution is 0.102. The molecule has 0 radical (unpaired) electrons. The molecule has 0 bridgehead atoms. The largest absolute Gasteiger partial charge is 0.322 e. The summed E-state index contributed by atoms with van der Waals surface area (Å²) in [6.45, 7) is 3.84. The average molecular weight is 426 g/mol. The first kappa shape index (κ1) is 19.3. The predicted molar refractivity (Wildman–Crippen MR) is 111 cm³/mol. The number of benzene rings is 2. The van der Waals surface area contributed by atoms with Crippen LogP contribution >= 0.6 is 23.1 Å². The second-order valence-electron chi connectivity index (χ2n) is 6.24. The van der Waals surface area contributed by atoms with Crippen LogP contribution in [0, 0.1) is 19.7 Å². The first-order valence-electron chi connectivity index (χ1n) is 8.69. The van der Waals surface area contributed by atoms with Crippen LogP contribution in [0.15, 0.2) is 64.1 Å². The molecule has 0 fully saturated rings. The molecule has 0 aliphatic carbocycles. The number of rotatable bonds is 5. The van der Waals surface area contributed by atoms with Crippen molar-refractivity contribution < 1.29 is 9.18 Å². The van der Waals surface area contributed by atoms with Gasteiger partial charge in [0.1, 0.15) is 16.5 Å². The van der Waals surface area contributed by atoms with Crippen LogP contribution in [0.3, 0.4) is 0 Å². The Morgan fingerprint density at radius 3 is 2.72 bits per heavy atom. The Balaban J connectivity index is 1.48. The number of anilines is 1. The zero-order chi connectivity index (χ0) is 20.4. The van der Waals surface area contributed by atoms with Gasteiger partial charge in [-0.15, -0.1) is 10.2 Å². The summed E-state index contributed by atoms with van der Waals surface area (Å²) < 4.78 is 16.1. The lowest BCUT2D eigenvalue weighted by atomic mass is 10.2. The quantitative estimate of drug-likeness (QED) is 0.493. The van der Waals surface area contributed by atoms with E-state index in [-0.39, 0.29) is 11.6 Å².